The van der Waals surface area contributed by atoms with Crippen molar-refractivity contribution in [3.8, 4) is 0 Å². The molecule has 2 heterocycles. The van der Waals surface area contributed by atoms with E-state index < -0.39 is 0 Å². The van der Waals surface area contributed by atoms with Gasteiger partial charge in [0.15, 0.2) is 0 Å². The lowest BCUT2D eigenvalue weighted by Crippen LogP contribution is -2.27. The predicted molar refractivity (Wildman–Crippen MR) is 44.2 cm³/mol. The number of nitrogens with zero attached hydrogens (tertiary/aromatic N) is 2. The van der Waals surface area contributed by atoms with Crippen LogP contribution in [0.5, 0.6) is 0 Å². The second kappa shape index (κ2) is 2.20. The number of hydrazine groups is 1. The van der Waals surface area contributed by atoms with E-state index in [1.54, 1.807) is 0 Å². The maximum absolute atomic E-state index is 4.30. The summed E-state index contributed by atoms with van der Waals surface area (Å²) in [5.74, 6) is 1.05. The van der Waals surface area contributed by atoms with Crippen LogP contribution >= 0.6 is 0 Å². The molecule has 1 aliphatic heterocycles. The highest BCUT2D eigenvalue weighted by Gasteiger charge is 2.15. The van der Waals surface area contributed by atoms with Gasteiger partial charge in [0.2, 0.25) is 0 Å². The molecule has 3 heteroatoms. The lowest BCUT2D eigenvalue weighted by molar-refractivity contribution is 0.730. The Labute approximate surface area is 66.0 Å². The smallest absolute Gasteiger partial charge is 0.147 e. The minimum atomic E-state index is 0.903. The van der Waals surface area contributed by atoms with Crippen molar-refractivity contribution in [1.29, 1.82) is 0 Å². The van der Waals surface area contributed by atoms with Crippen molar-refractivity contribution >= 4 is 5.82 Å². The molecule has 1 N–H and O–H groups in total. The Morgan fingerprint density at radius 1 is 1.64 bits per heavy atom. The van der Waals surface area contributed by atoms with Crippen LogP contribution in [0.4, 0.5) is 5.82 Å². The van der Waals surface area contributed by atoms with E-state index in [9.17, 15) is 0 Å². The third-order valence-electron chi connectivity index (χ3n) is 1.90. The van der Waals surface area contributed by atoms with Gasteiger partial charge >= 0.3 is 0 Å². The van der Waals surface area contributed by atoms with Gasteiger partial charge in [0.25, 0.3) is 0 Å². The minimum Gasteiger partial charge on any atom is -0.295 e. The largest absolute Gasteiger partial charge is 0.295 e. The first kappa shape index (κ1) is 6.61. The summed E-state index contributed by atoms with van der Waals surface area (Å²) in [5, 5.41) is 1.95. The Hall–Kier alpha value is -1.09. The van der Waals surface area contributed by atoms with Gasteiger partial charge in [-0.2, -0.15) is 0 Å². The molecule has 0 aliphatic carbocycles. The summed E-state index contributed by atoms with van der Waals surface area (Å²) in [5.41, 5.74) is 5.69. The molecule has 58 valence electrons. The first-order valence-electron chi connectivity index (χ1n) is 3.70. The SMILES string of the molecule is Cc1cnc2c(c1)CNN2C. The van der Waals surface area contributed by atoms with Crippen molar-refractivity contribution in [2.24, 2.45) is 0 Å². The van der Waals surface area contributed by atoms with E-state index in [0.717, 1.165) is 12.4 Å². The fourth-order valence-electron chi connectivity index (χ4n) is 1.33. The van der Waals surface area contributed by atoms with E-state index in [-0.39, 0.29) is 0 Å². The van der Waals surface area contributed by atoms with Crippen molar-refractivity contribution in [3.05, 3.63) is 23.4 Å². The summed E-state index contributed by atoms with van der Waals surface area (Å²) in [6, 6.07) is 2.17. The molecule has 0 unspecified atom stereocenters. The van der Waals surface area contributed by atoms with Gasteiger partial charge in [0.1, 0.15) is 5.82 Å². The van der Waals surface area contributed by atoms with E-state index in [4.69, 9.17) is 0 Å². The van der Waals surface area contributed by atoms with Gasteiger partial charge < -0.3 is 0 Å². The third-order valence-corrected chi connectivity index (χ3v) is 1.90. The molecular formula is C8H11N3. The number of anilines is 1. The van der Waals surface area contributed by atoms with E-state index >= 15 is 0 Å². The van der Waals surface area contributed by atoms with Crippen LogP contribution in [0, 0.1) is 6.92 Å². The minimum absolute atomic E-state index is 0.903. The molecule has 0 aromatic carbocycles. The van der Waals surface area contributed by atoms with E-state index in [1.807, 2.05) is 18.3 Å². The average Bonchev–Trinajstić information content (AvgIpc) is 2.32. The lowest BCUT2D eigenvalue weighted by atomic mass is 10.2. The quantitative estimate of drug-likeness (QED) is 0.592. The van der Waals surface area contributed by atoms with Crippen LogP contribution in [0.3, 0.4) is 0 Å². The van der Waals surface area contributed by atoms with Crippen LogP contribution in [0.15, 0.2) is 12.3 Å². The Morgan fingerprint density at radius 3 is 3.27 bits per heavy atom. The second-order valence-corrected chi connectivity index (χ2v) is 2.89. The van der Waals surface area contributed by atoms with Crippen LogP contribution in [0.1, 0.15) is 11.1 Å². The van der Waals surface area contributed by atoms with E-state index in [0.29, 0.717) is 0 Å². The fourth-order valence-corrected chi connectivity index (χ4v) is 1.33. The zero-order valence-corrected chi connectivity index (χ0v) is 6.76. The molecule has 0 bridgehead atoms. The van der Waals surface area contributed by atoms with E-state index in [2.05, 4.69) is 23.4 Å². The predicted octanol–water partition coefficient (Wildman–Crippen LogP) is 0.844. The zero-order valence-electron chi connectivity index (χ0n) is 6.76. The molecule has 1 aliphatic rings. The average molecular weight is 149 g/mol. The highest BCUT2D eigenvalue weighted by atomic mass is 15.5. The number of aromatic nitrogens is 1. The second-order valence-electron chi connectivity index (χ2n) is 2.89. The molecule has 0 spiro atoms. The number of hydrogen-bond donors (Lipinski definition) is 1. The lowest BCUT2D eigenvalue weighted by Gasteiger charge is -2.09. The fraction of sp³-hybridized carbons (Fsp3) is 0.375. The number of nitrogens with one attached hydrogen (secondary N) is 1. The van der Waals surface area contributed by atoms with Crippen LogP contribution < -0.4 is 10.4 Å². The first-order chi connectivity index (χ1) is 5.27. The molecular weight excluding hydrogens is 138 g/mol. The molecule has 11 heavy (non-hydrogen) atoms. The van der Waals surface area contributed by atoms with Crippen molar-refractivity contribution in [2.75, 3.05) is 12.1 Å². The molecule has 0 radical (unpaired) electrons. The maximum Gasteiger partial charge on any atom is 0.147 e. The third kappa shape index (κ3) is 0.973. The van der Waals surface area contributed by atoms with Crippen molar-refractivity contribution < 1.29 is 0 Å². The van der Waals surface area contributed by atoms with E-state index in [1.165, 1.54) is 11.1 Å². The van der Waals surface area contributed by atoms with Crippen molar-refractivity contribution in [2.45, 2.75) is 13.5 Å². The summed E-state index contributed by atoms with van der Waals surface area (Å²) < 4.78 is 0. The normalized spacial score (nSPS) is 15.3. The molecule has 1 aromatic heterocycles. The molecule has 1 aromatic rings. The van der Waals surface area contributed by atoms with Gasteiger partial charge in [-0.05, 0) is 18.6 Å². The van der Waals surface area contributed by atoms with Crippen LogP contribution in [-0.4, -0.2) is 12.0 Å². The van der Waals surface area contributed by atoms with Crippen LogP contribution in [-0.2, 0) is 6.54 Å². The van der Waals surface area contributed by atoms with Gasteiger partial charge in [0, 0.05) is 25.4 Å². The van der Waals surface area contributed by atoms with Crippen molar-refractivity contribution in [1.82, 2.24) is 10.4 Å². The van der Waals surface area contributed by atoms with Gasteiger partial charge in [-0.25, -0.2) is 10.4 Å². The monoisotopic (exact) mass is 149 g/mol. The summed E-state index contributed by atoms with van der Waals surface area (Å²) in [7, 11) is 1.98. The zero-order chi connectivity index (χ0) is 7.84. The molecule has 0 fully saturated rings. The summed E-state index contributed by atoms with van der Waals surface area (Å²) in [4.78, 5) is 4.30. The van der Waals surface area contributed by atoms with Gasteiger partial charge in [0.05, 0.1) is 0 Å². The van der Waals surface area contributed by atoms with Crippen LogP contribution in [0.2, 0.25) is 0 Å². The highest BCUT2D eigenvalue weighted by molar-refractivity contribution is 5.49. The highest BCUT2D eigenvalue weighted by Crippen LogP contribution is 2.20. The Balaban J connectivity index is 2.50. The van der Waals surface area contributed by atoms with Gasteiger partial charge in [-0.15, -0.1) is 0 Å². The number of aryl methyl sites for hydroxylation is 1. The molecule has 0 saturated carbocycles. The number of rotatable bonds is 0. The summed E-state index contributed by atoms with van der Waals surface area (Å²) in [6.45, 7) is 2.96. The summed E-state index contributed by atoms with van der Waals surface area (Å²) >= 11 is 0. The molecule has 0 atom stereocenters. The number of pyridine rings is 1. The summed E-state index contributed by atoms with van der Waals surface area (Å²) in [6.07, 6.45) is 1.89. The maximum atomic E-state index is 4.30. The topological polar surface area (TPSA) is 28.2 Å². The van der Waals surface area contributed by atoms with Crippen LogP contribution in [0.25, 0.3) is 0 Å². The Kier molecular flexibility index (Phi) is 1.32. The van der Waals surface area contributed by atoms with Crippen molar-refractivity contribution in [3.63, 3.8) is 0 Å². The first-order valence-corrected chi connectivity index (χ1v) is 3.70. The molecule has 2 rings (SSSR count). The van der Waals surface area contributed by atoms with Gasteiger partial charge in [-0.1, -0.05) is 0 Å². The molecule has 3 nitrogen and oxygen atoms in total. The Bertz CT molecular complexity index is 283. The van der Waals surface area contributed by atoms with Gasteiger partial charge in [-0.3, -0.25) is 5.01 Å². The standard InChI is InChI=1S/C8H11N3/c1-6-3-7-5-10-11(2)8(7)9-4-6/h3-4,10H,5H2,1-2H3. The molecule has 0 saturated heterocycles. The Morgan fingerprint density at radius 2 is 2.45 bits per heavy atom. The number of hydrogen-bond acceptors (Lipinski definition) is 3. The molecule has 0 amide bonds. The number of fused-ring (bicyclic) bond motifs is 1.